The molecule has 0 bridgehead atoms. The van der Waals surface area contributed by atoms with Gasteiger partial charge in [0.25, 0.3) is 0 Å². The Morgan fingerprint density at radius 3 is 1.32 bits per heavy atom. The third kappa shape index (κ3) is 2.35. The maximum atomic E-state index is 15.2. The van der Waals surface area contributed by atoms with Crippen molar-refractivity contribution in [2.24, 2.45) is 0 Å². The van der Waals surface area contributed by atoms with Gasteiger partial charge in [-0.15, -0.1) is 0 Å². The number of furan rings is 2. The number of aromatic nitrogens is 2. The Bertz CT molecular complexity index is 3070. The van der Waals surface area contributed by atoms with Crippen molar-refractivity contribution < 1.29 is 8.83 Å². The number of pyridine rings is 2. The van der Waals surface area contributed by atoms with Gasteiger partial charge in [-0.3, -0.25) is 18.4 Å². The van der Waals surface area contributed by atoms with Crippen LogP contribution in [0.1, 0.15) is 0 Å². The Morgan fingerprint density at radius 1 is 0.409 bits per heavy atom. The molecule has 5 aromatic heterocycles. The zero-order valence-electron chi connectivity index (χ0n) is 22.7. The lowest BCUT2D eigenvalue weighted by molar-refractivity contribution is 0.670. The van der Waals surface area contributed by atoms with Crippen molar-refractivity contribution in [1.29, 1.82) is 0 Å². The molecule has 7 nitrogen and oxygen atoms in total. The summed E-state index contributed by atoms with van der Waals surface area (Å²) in [5, 5.41) is 6.46. The fourth-order valence-corrected chi connectivity index (χ4v) is 7.57. The summed E-state index contributed by atoms with van der Waals surface area (Å²) in [6.07, 6.45) is 0. The maximum Gasteiger partial charge on any atom is 0.338 e. The van der Waals surface area contributed by atoms with E-state index in [0.717, 1.165) is 26.9 Å². The van der Waals surface area contributed by atoms with Crippen molar-refractivity contribution in [2.45, 2.75) is 0 Å². The number of para-hydroxylation sites is 2. The smallest absolute Gasteiger partial charge is 0.338 e. The van der Waals surface area contributed by atoms with Crippen LogP contribution in [0.3, 0.4) is 0 Å². The normalized spacial score (nSPS) is 12.8. The topological polar surface area (TPSA) is 86.3 Å². The molecule has 0 saturated carbocycles. The molecule has 0 radical (unpaired) electrons. The van der Waals surface area contributed by atoms with Gasteiger partial charge in [-0.1, -0.05) is 48.5 Å². The van der Waals surface area contributed by atoms with Crippen LogP contribution in [0.15, 0.2) is 120 Å². The fraction of sp³-hybridized carbons (Fsp3) is 0. The van der Waals surface area contributed by atoms with Gasteiger partial charge in [-0.25, -0.2) is 4.79 Å². The van der Waals surface area contributed by atoms with Crippen LogP contribution in [0.25, 0.3) is 98.3 Å². The largest absolute Gasteiger partial charge is 0.454 e. The summed E-state index contributed by atoms with van der Waals surface area (Å²) < 4.78 is 16.0. The van der Waals surface area contributed by atoms with Crippen LogP contribution in [0, 0.1) is 0 Å². The minimum absolute atomic E-state index is 0.198. The van der Waals surface area contributed by atoms with Gasteiger partial charge in [0, 0.05) is 37.7 Å². The van der Waals surface area contributed by atoms with Crippen molar-refractivity contribution in [1.82, 2.24) is 8.80 Å². The monoisotopic (exact) mass is 568 g/mol. The van der Waals surface area contributed by atoms with Gasteiger partial charge in [0.05, 0.1) is 21.8 Å². The molecule has 0 spiro atoms. The summed E-state index contributed by atoms with van der Waals surface area (Å²) in [6.45, 7) is 0. The second-order valence-corrected chi connectivity index (χ2v) is 11.5. The lowest BCUT2D eigenvalue weighted by Crippen LogP contribution is -2.28. The van der Waals surface area contributed by atoms with Gasteiger partial charge in [-0.2, -0.15) is 0 Å². The van der Waals surface area contributed by atoms with Gasteiger partial charge in [0.15, 0.2) is 22.0 Å². The van der Waals surface area contributed by atoms with E-state index in [1.165, 1.54) is 0 Å². The van der Waals surface area contributed by atoms with E-state index in [-0.39, 0.29) is 10.9 Å². The molecule has 0 aliphatic carbocycles. The molecule has 11 rings (SSSR count). The third-order valence-electron chi connectivity index (χ3n) is 9.43. The van der Waals surface area contributed by atoms with Crippen LogP contribution in [-0.4, -0.2) is 8.80 Å². The zero-order chi connectivity index (χ0) is 29.0. The minimum atomic E-state index is -0.415. The Kier molecular flexibility index (Phi) is 3.67. The van der Waals surface area contributed by atoms with Crippen molar-refractivity contribution in [3.8, 4) is 0 Å². The highest BCUT2D eigenvalue weighted by Gasteiger charge is 2.26. The standard InChI is InChI=1S/C37H16N2O5/c40-33-22-11-9-17-10-12-23-30-28(17)29(22)38(31-24(33)15-13-20-18-5-1-3-7-26(18)43-35(20)31)37(42)39(30)32-25(34(23)41)16-14-21-19-6-2-4-8-27(19)44-36(21)32/h1-16H. The van der Waals surface area contributed by atoms with E-state index >= 15 is 4.79 Å². The van der Waals surface area contributed by atoms with E-state index in [9.17, 15) is 9.59 Å². The number of hydrogen-bond acceptors (Lipinski definition) is 5. The number of benzene rings is 6. The van der Waals surface area contributed by atoms with E-state index in [1.807, 2.05) is 72.8 Å². The van der Waals surface area contributed by atoms with Crippen LogP contribution in [0.5, 0.6) is 0 Å². The molecule has 0 amide bonds. The highest BCUT2D eigenvalue weighted by Crippen LogP contribution is 2.39. The van der Waals surface area contributed by atoms with Crippen molar-refractivity contribution >= 4 is 98.3 Å². The Labute approximate surface area is 243 Å². The molecule has 0 aliphatic heterocycles. The first-order valence-corrected chi connectivity index (χ1v) is 14.3. The number of nitrogens with zero attached hydrogens (tertiary/aromatic N) is 2. The number of hydrogen-bond donors (Lipinski definition) is 0. The van der Waals surface area contributed by atoms with Gasteiger partial charge < -0.3 is 8.83 Å². The first-order chi connectivity index (χ1) is 21.6. The van der Waals surface area contributed by atoms with Crippen molar-refractivity contribution in [3.05, 3.63) is 128 Å². The molecular weight excluding hydrogens is 552 g/mol. The number of fused-ring (bicyclic) bond motifs is 12. The molecule has 6 aromatic carbocycles. The Balaban J connectivity index is 1.55. The van der Waals surface area contributed by atoms with Crippen LogP contribution < -0.4 is 16.5 Å². The quantitative estimate of drug-likeness (QED) is 0.139. The van der Waals surface area contributed by atoms with E-state index in [1.54, 1.807) is 33.1 Å². The average Bonchev–Trinajstić information content (AvgIpc) is 3.63. The highest BCUT2D eigenvalue weighted by atomic mass is 16.3. The van der Waals surface area contributed by atoms with E-state index in [4.69, 9.17) is 8.83 Å². The molecule has 0 unspecified atom stereocenters. The van der Waals surface area contributed by atoms with E-state index < -0.39 is 5.69 Å². The lowest BCUT2D eigenvalue weighted by Gasteiger charge is -2.18. The molecule has 0 atom stereocenters. The molecule has 0 fully saturated rings. The summed E-state index contributed by atoms with van der Waals surface area (Å²) in [6, 6.07) is 30.0. The maximum absolute atomic E-state index is 15.2. The Hall–Kier alpha value is -6.21. The van der Waals surface area contributed by atoms with E-state index in [2.05, 4.69) is 0 Å². The first-order valence-electron chi connectivity index (χ1n) is 14.3. The SMILES string of the molecule is O=c1c2ccc3c4ccccc4oc3c2n2c(=O)n3c4c(ccc5c6ccccc6oc54)c(=O)c4ccc5ccc1c2c5c43. The first kappa shape index (κ1) is 22.4. The summed E-state index contributed by atoms with van der Waals surface area (Å²) in [5.41, 5.74) is 3.19. The molecule has 0 aliphatic rings. The molecule has 11 aromatic rings. The van der Waals surface area contributed by atoms with Crippen LogP contribution in [-0.2, 0) is 0 Å². The van der Waals surface area contributed by atoms with Crippen LogP contribution >= 0.6 is 0 Å². The third-order valence-corrected chi connectivity index (χ3v) is 9.43. The van der Waals surface area contributed by atoms with Gasteiger partial charge in [-0.05, 0) is 53.9 Å². The van der Waals surface area contributed by atoms with Crippen LogP contribution in [0.2, 0.25) is 0 Å². The Morgan fingerprint density at radius 2 is 0.818 bits per heavy atom. The molecule has 204 valence electrons. The summed E-state index contributed by atoms with van der Waals surface area (Å²) >= 11 is 0. The second-order valence-electron chi connectivity index (χ2n) is 11.5. The average molecular weight is 569 g/mol. The molecule has 44 heavy (non-hydrogen) atoms. The van der Waals surface area contributed by atoms with Crippen LogP contribution in [0.4, 0.5) is 0 Å². The minimum Gasteiger partial charge on any atom is -0.454 e. The zero-order valence-corrected chi connectivity index (χ0v) is 22.7. The molecular formula is C37H16N2O5. The van der Waals surface area contributed by atoms with Crippen molar-refractivity contribution in [2.75, 3.05) is 0 Å². The predicted molar refractivity (Wildman–Crippen MR) is 174 cm³/mol. The van der Waals surface area contributed by atoms with Crippen molar-refractivity contribution in [3.63, 3.8) is 0 Å². The molecule has 0 saturated heterocycles. The second kappa shape index (κ2) is 7.22. The molecule has 0 N–H and O–H groups in total. The predicted octanol–water partition coefficient (Wildman–Crippen LogP) is 7.56. The van der Waals surface area contributed by atoms with Gasteiger partial charge >= 0.3 is 5.69 Å². The summed E-state index contributed by atoms with van der Waals surface area (Å²) in [7, 11) is 0. The van der Waals surface area contributed by atoms with E-state index in [0.29, 0.717) is 71.3 Å². The number of rotatable bonds is 0. The van der Waals surface area contributed by atoms with Gasteiger partial charge in [0.2, 0.25) is 0 Å². The fourth-order valence-electron chi connectivity index (χ4n) is 7.57. The summed E-state index contributed by atoms with van der Waals surface area (Å²) in [4.78, 5) is 43.4. The highest BCUT2D eigenvalue weighted by molar-refractivity contribution is 6.24. The lowest BCUT2D eigenvalue weighted by atomic mass is 9.97. The molecule has 5 heterocycles. The summed E-state index contributed by atoms with van der Waals surface area (Å²) in [5.74, 6) is 0. The van der Waals surface area contributed by atoms with Gasteiger partial charge in [0.1, 0.15) is 22.2 Å². The molecule has 7 heteroatoms.